The van der Waals surface area contributed by atoms with Crippen LogP contribution >= 0.6 is 27.3 Å². The fourth-order valence-corrected chi connectivity index (χ4v) is 3.49. The molecule has 0 saturated heterocycles. The van der Waals surface area contributed by atoms with Gasteiger partial charge in [-0.2, -0.15) is 0 Å². The Morgan fingerprint density at radius 1 is 1.43 bits per heavy atom. The molecule has 2 aromatic heterocycles. The molecule has 0 fully saturated rings. The Balaban J connectivity index is 1.78. The molecule has 0 bridgehead atoms. The standard InChI is InChI=1S/C15H13BrN2O2S/c16-12-3-1-2-10(7-12)6-11(14(19)20)8-13-9-18-4-5-21-15(18)17-13/h1-5,7,9,11H,6,8H2,(H,19,20). The van der Waals surface area contributed by atoms with Gasteiger partial charge in [-0.15, -0.1) is 11.3 Å². The summed E-state index contributed by atoms with van der Waals surface area (Å²) in [4.78, 5) is 16.9. The summed E-state index contributed by atoms with van der Waals surface area (Å²) in [6.07, 6.45) is 4.78. The number of hydrogen-bond acceptors (Lipinski definition) is 3. The van der Waals surface area contributed by atoms with Crippen LogP contribution in [0, 0.1) is 5.92 Å². The minimum absolute atomic E-state index is 0.441. The first-order valence-corrected chi connectivity index (χ1v) is 8.17. The Kier molecular flexibility index (Phi) is 4.07. The van der Waals surface area contributed by atoms with Crippen LogP contribution in [0.15, 0.2) is 46.5 Å². The molecule has 0 radical (unpaired) electrons. The zero-order chi connectivity index (χ0) is 14.8. The number of fused-ring (bicyclic) bond motifs is 1. The normalized spacial score (nSPS) is 12.6. The molecule has 0 amide bonds. The number of benzene rings is 1. The van der Waals surface area contributed by atoms with Gasteiger partial charge in [-0.05, 0) is 24.1 Å². The molecule has 0 aliphatic carbocycles. The molecule has 1 N–H and O–H groups in total. The Hall–Kier alpha value is -1.66. The predicted molar refractivity (Wildman–Crippen MR) is 85.7 cm³/mol. The van der Waals surface area contributed by atoms with Gasteiger partial charge in [0.25, 0.3) is 0 Å². The maximum atomic E-state index is 11.5. The highest BCUT2D eigenvalue weighted by Gasteiger charge is 2.20. The number of hydrogen-bond donors (Lipinski definition) is 1. The minimum atomic E-state index is -0.786. The van der Waals surface area contributed by atoms with Gasteiger partial charge in [-0.3, -0.25) is 9.20 Å². The lowest BCUT2D eigenvalue weighted by atomic mass is 9.95. The van der Waals surface area contributed by atoms with E-state index in [1.165, 1.54) is 0 Å². The molecule has 3 aromatic rings. The van der Waals surface area contributed by atoms with Crippen molar-refractivity contribution in [3.63, 3.8) is 0 Å². The fraction of sp³-hybridized carbons (Fsp3) is 0.200. The first kappa shape index (κ1) is 14.3. The molecule has 6 heteroatoms. The van der Waals surface area contributed by atoms with Crippen LogP contribution in [-0.2, 0) is 17.6 Å². The van der Waals surface area contributed by atoms with Crippen LogP contribution in [0.4, 0.5) is 0 Å². The first-order chi connectivity index (χ1) is 10.1. The van der Waals surface area contributed by atoms with E-state index < -0.39 is 11.9 Å². The van der Waals surface area contributed by atoms with Crippen LogP contribution in [0.5, 0.6) is 0 Å². The van der Waals surface area contributed by atoms with Crippen molar-refractivity contribution in [1.82, 2.24) is 9.38 Å². The van der Waals surface area contributed by atoms with E-state index in [1.54, 1.807) is 11.3 Å². The zero-order valence-electron chi connectivity index (χ0n) is 11.1. The molecule has 0 aliphatic heterocycles. The number of aliphatic carboxylic acids is 1. The Labute approximate surface area is 134 Å². The quantitative estimate of drug-likeness (QED) is 0.751. The summed E-state index contributed by atoms with van der Waals surface area (Å²) in [5, 5.41) is 11.4. The maximum absolute atomic E-state index is 11.5. The predicted octanol–water partition coefficient (Wildman–Crippen LogP) is 3.64. The van der Waals surface area contributed by atoms with Crippen molar-refractivity contribution in [2.24, 2.45) is 5.92 Å². The van der Waals surface area contributed by atoms with Crippen molar-refractivity contribution >= 4 is 38.2 Å². The molecular weight excluding hydrogens is 352 g/mol. The van der Waals surface area contributed by atoms with E-state index in [1.807, 2.05) is 46.4 Å². The number of halogens is 1. The molecule has 0 saturated carbocycles. The fourth-order valence-electron chi connectivity index (χ4n) is 2.32. The number of aromatic nitrogens is 2. The van der Waals surface area contributed by atoms with Crippen molar-refractivity contribution in [3.05, 3.63) is 57.8 Å². The number of carboxylic acids is 1. The third-order valence-electron chi connectivity index (χ3n) is 3.32. The second-order valence-electron chi connectivity index (χ2n) is 4.90. The van der Waals surface area contributed by atoms with Gasteiger partial charge in [0.05, 0.1) is 11.6 Å². The van der Waals surface area contributed by atoms with Crippen LogP contribution in [0.25, 0.3) is 4.96 Å². The van der Waals surface area contributed by atoms with Crippen molar-refractivity contribution in [1.29, 1.82) is 0 Å². The van der Waals surface area contributed by atoms with Crippen LogP contribution < -0.4 is 0 Å². The second kappa shape index (κ2) is 5.99. The number of carbonyl (C=O) groups is 1. The summed E-state index contributed by atoms with van der Waals surface area (Å²) in [6.45, 7) is 0. The zero-order valence-corrected chi connectivity index (χ0v) is 13.5. The highest BCUT2D eigenvalue weighted by atomic mass is 79.9. The molecule has 4 nitrogen and oxygen atoms in total. The molecule has 1 atom stereocenters. The average Bonchev–Trinajstić information content (AvgIpc) is 2.98. The third-order valence-corrected chi connectivity index (χ3v) is 4.58. The Bertz CT molecular complexity index is 752. The minimum Gasteiger partial charge on any atom is -0.481 e. The van der Waals surface area contributed by atoms with Crippen LogP contribution in [0.1, 0.15) is 11.3 Å². The molecule has 21 heavy (non-hydrogen) atoms. The number of thiazole rings is 1. The smallest absolute Gasteiger partial charge is 0.307 e. The van der Waals surface area contributed by atoms with E-state index in [4.69, 9.17) is 0 Å². The highest BCUT2D eigenvalue weighted by Crippen LogP contribution is 2.19. The largest absolute Gasteiger partial charge is 0.481 e. The molecule has 1 unspecified atom stereocenters. The number of carboxylic acid groups (broad SMARTS) is 1. The molecule has 0 aliphatic rings. The van der Waals surface area contributed by atoms with Crippen LogP contribution in [-0.4, -0.2) is 20.5 Å². The number of rotatable bonds is 5. The van der Waals surface area contributed by atoms with Gasteiger partial charge in [-0.1, -0.05) is 28.1 Å². The van der Waals surface area contributed by atoms with E-state index >= 15 is 0 Å². The molecule has 0 spiro atoms. The topological polar surface area (TPSA) is 54.6 Å². The van der Waals surface area contributed by atoms with E-state index in [9.17, 15) is 9.90 Å². The lowest BCUT2D eigenvalue weighted by Crippen LogP contribution is -2.19. The summed E-state index contributed by atoms with van der Waals surface area (Å²) in [7, 11) is 0. The third kappa shape index (κ3) is 3.33. The van der Waals surface area contributed by atoms with E-state index in [0.29, 0.717) is 12.8 Å². The van der Waals surface area contributed by atoms with E-state index in [0.717, 1.165) is 20.7 Å². The van der Waals surface area contributed by atoms with E-state index in [2.05, 4.69) is 20.9 Å². The summed E-state index contributed by atoms with van der Waals surface area (Å²) < 4.78 is 2.89. The van der Waals surface area contributed by atoms with Crippen molar-refractivity contribution in [3.8, 4) is 0 Å². The Morgan fingerprint density at radius 3 is 3.00 bits per heavy atom. The van der Waals surface area contributed by atoms with Crippen molar-refractivity contribution < 1.29 is 9.90 Å². The maximum Gasteiger partial charge on any atom is 0.307 e. The second-order valence-corrected chi connectivity index (χ2v) is 6.69. The van der Waals surface area contributed by atoms with Gasteiger partial charge in [0, 0.05) is 28.7 Å². The van der Waals surface area contributed by atoms with Gasteiger partial charge in [0.15, 0.2) is 4.96 Å². The molecule has 3 rings (SSSR count). The van der Waals surface area contributed by atoms with E-state index in [-0.39, 0.29) is 0 Å². The Morgan fingerprint density at radius 2 is 2.29 bits per heavy atom. The van der Waals surface area contributed by atoms with Gasteiger partial charge >= 0.3 is 5.97 Å². The average molecular weight is 365 g/mol. The number of nitrogens with zero attached hydrogens (tertiary/aromatic N) is 2. The summed E-state index contributed by atoms with van der Waals surface area (Å²) in [5.74, 6) is -1.25. The number of imidazole rings is 1. The highest BCUT2D eigenvalue weighted by molar-refractivity contribution is 9.10. The van der Waals surface area contributed by atoms with Crippen molar-refractivity contribution in [2.45, 2.75) is 12.8 Å². The van der Waals surface area contributed by atoms with Gasteiger partial charge in [0.2, 0.25) is 0 Å². The molecular formula is C15H13BrN2O2S. The van der Waals surface area contributed by atoms with Crippen molar-refractivity contribution in [2.75, 3.05) is 0 Å². The van der Waals surface area contributed by atoms with Gasteiger partial charge < -0.3 is 5.11 Å². The lowest BCUT2D eigenvalue weighted by Gasteiger charge is -2.11. The van der Waals surface area contributed by atoms with Crippen LogP contribution in [0.2, 0.25) is 0 Å². The SMILES string of the molecule is O=C(O)C(Cc1cccc(Br)c1)Cc1cn2ccsc2n1. The molecule has 108 valence electrons. The lowest BCUT2D eigenvalue weighted by molar-refractivity contribution is -0.141. The first-order valence-electron chi connectivity index (χ1n) is 6.50. The van der Waals surface area contributed by atoms with Crippen LogP contribution in [0.3, 0.4) is 0 Å². The summed E-state index contributed by atoms with van der Waals surface area (Å²) >= 11 is 4.96. The van der Waals surface area contributed by atoms with Gasteiger partial charge in [-0.25, -0.2) is 4.98 Å². The monoisotopic (exact) mass is 364 g/mol. The summed E-state index contributed by atoms with van der Waals surface area (Å²) in [5.41, 5.74) is 1.84. The molecule has 2 heterocycles. The summed E-state index contributed by atoms with van der Waals surface area (Å²) in [6, 6.07) is 7.77. The van der Waals surface area contributed by atoms with Gasteiger partial charge in [0.1, 0.15) is 0 Å². The molecule has 1 aromatic carbocycles.